The quantitative estimate of drug-likeness (QED) is 0.877. The molecule has 1 heterocycles. The Morgan fingerprint density at radius 2 is 2.00 bits per heavy atom. The van der Waals surface area contributed by atoms with Crippen LogP contribution in [0.1, 0.15) is 52.1 Å². The lowest BCUT2D eigenvalue weighted by molar-refractivity contribution is -0.0721. The minimum atomic E-state index is 0.179. The second kappa shape index (κ2) is 7.48. The lowest BCUT2D eigenvalue weighted by atomic mass is 10.0. The summed E-state index contributed by atoms with van der Waals surface area (Å²) in [5.74, 6) is 0.774. The van der Waals surface area contributed by atoms with Gasteiger partial charge in [-0.2, -0.15) is 0 Å². The van der Waals surface area contributed by atoms with Crippen LogP contribution < -0.4 is 10.1 Å². The van der Waals surface area contributed by atoms with Crippen LogP contribution in [0, 0.1) is 0 Å². The van der Waals surface area contributed by atoms with Gasteiger partial charge in [-0.1, -0.05) is 24.6 Å². The molecule has 1 aliphatic heterocycles. The van der Waals surface area contributed by atoms with Gasteiger partial charge in [-0.3, -0.25) is 0 Å². The van der Waals surface area contributed by atoms with Crippen molar-refractivity contribution in [3.63, 3.8) is 0 Å². The number of hydrogen-bond acceptors (Lipinski definition) is 3. The van der Waals surface area contributed by atoms with Gasteiger partial charge in [-0.25, -0.2) is 0 Å². The van der Waals surface area contributed by atoms with E-state index in [2.05, 4.69) is 39.1 Å². The van der Waals surface area contributed by atoms with E-state index in [0.29, 0.717) is 11.1 Å². The van der Waals surface area contributed by atoms with Crippen LogP contribution in [0.2, 0.25) is 5.02 Å². The fourth-order valence-corrected chi connectivity index (χ4v) is 3.16. The fourth-order valence-electron chi connectivity index (χ4n) is 2.93. The van der Waals surface area contributed by atoms with Crippen molar-refractivity contribution in [3.05, 3.63) is 28.8 Å². The van der Waals surface area contributed by atoms with Gasteiger partial charge in [-0.15, -0.1) is 0 Å². The Bertz CT molecular complexity index is 456. The summed E-state index contributed by atoms with van der Waals surface area (Å²) in [6.45, 7) is 9.36. The van der Waals surface area contributed by atoms with Gasteiger partial charge < -0.3 is 14.8 Å². The van der Waals surface area contributed by atoms with Crippen molar-refractivity contribution in [2.45, 2.75) is 64.9 Å². The molecule has 1 aromatic carbocycles. The largest absolute Gasteiger partial charge is 0.489 e. The van der Waals surface area contributed by atoms with Crippen LogP contribution in [-0.2, 0) is 4.74 Å². The molecule has 0 amide bonds. The summed E-state index contributed by atoms with van der Waals surface area (Å²) in [4.78, 5) is 0. The normalized spacial score (nSPS) is 27.4. The van der Waals surface area contributed by atoms with Crippen molar-refractivity contribution in [1.29, 1.82) is 0 Å². The van der Waals surface area contributed by atoms with Crippen molar-refractivity contribution < 1.29 is 9.47 Å². The van der Waals surface area contributed by atoms with Crippen LogP contribution >= 0.6 is 11.6 Å². The minimum Gasteiger partial charge on any atom is -0.489 e. The molecule has 3 nitrogen and oxygen atoms in total. The molecule has 1 saturated heterocycles. The highest BCUT2D eigenvalue weighted by Crippen LogP contribution is 2.31. The van der Waals surface area contributed by atoms with Gasteiger partial charge in [0.05, 0.1) is 17.2 Å². The molecular weight excluding hydrogens is 286 g/mol. The van der Waals surface area contributed by atoms with Gasteiger partial charge in [0.15, 0.2) is 0 Å². The number of rotatable bonds is 5. The van der Waals surface area contributed by atoms with E-state index in [1.165, 1.54) is 5.56 Å². The second-order valence-electron chi connectivity index (χ2n) is 5.94. The Hall–Kier alpha value is -0.770. The molecule has 1 aromatic rings. The van der Waals surface area contributed by atoms with Crippen molar-refractivity contribution in [2.75, 3.05) is 6.54 Å². The van der Waals surface area contributed by atoms with Gasteiger partial charge >= 0.3 is 0 Å². The molecule has 0 bridgehead atoms. The Labute approximate surface area is 133 Å². The van der Waals surface area contributed by atoms with Crippen molar-refractivity contribution in [3.8, 4) is 5.75 Å². The van der Waals surface area contributed by atoms with Crippen molar-refractivity contribution >= 4 is 11.6 Å². The molecule has 0 radical (unpaired) electrons. The van der Waals surface area contributed by atoms with Gasteiger partial charge in [-0.05, 0) is 45.0 Å². The highest BCUT2D eigenvalue weighted by molar-refractivity contribution is 6.32. The van der Waals surface area contributed by atoms with E-state index < -0.39 is 0 Å². The number of hydrogen-bond donors (Lipinski definition) is 1. The third-order valence-corrected chi connectivity index (χ3v) is 4.21. The van der Waals surface area contributed by atoms with Crippen LogP contribution in [0.3, 0.4) is 0 Å². The van der Waals surface area contributed by atoms with Crippen LogP contribution in [0.25, 0.3) is 0 Å². The Kier molecular flexibility index (Phi) is 5.91. The first-order valence-electron chi connectivity index (χ1n) is 7.84. The summed E-state index contributed by atoms with van der Waals surface area (Å²) < 4.78 is 11.8. The smallest absolute Gasteiger partial charge is 0.138 e. The van der Waals surface area contributed by atoms with Crippen LogP contribution in [0.15, 0.2) is 18.2 Å². The molecule has 0 aromatic heterocycles. The van der Waals surface area contributed by atoms with E-state index in [0.717, 1.165) is 25.1 Å². The van der Waals surface area contributed by atoms with Gasteiger partial charge in [0.25, 0.3) is 0 Å². The zero-order chi connectivity index (χ0) is 15.4. The zero-order valence-electron chi connectivity index (χ0n) is 13.4. The molecule has 3 atom stereocenters. The summed E-state index contributed by atoms with van der Waals surface area (Å²) in [5.41, 5.74) is 1.18. The van der Waals surface area contributed by atoms with E-state index in [4.69, 9.17) is 21.1 Å². The predicted octanol–water partition coefficient (Wildman–Crippen LogP) is 4.35. The molecule has 118 valence electrons. The van der Waals surface area contributed by atoms with E-state index in [1.54, 1.807) is 0 Å². The molecule has 0 spiro atoms. The zero-order valence-corrected chi connectivity index (χ0v) is 14.1. The molecular formula is C17H26ClNO2. The first-order chi connectivity index (χ1) is 9.99. The molecule has 4 heteroatoms. The number of nitrogens with one attached hydrogen (secondary N) is 1. The standard InChI is InChI=1S/C17H26ClNO2/c1-5-19-13(4)14-6-7-17(16(18)10-14)21-15-8-11(2)20-12(3)9-15/h6-7,10-13,15,19H,5,8-9H2,1-4H3. The summed E-state index contributed by atoms with van der Waals surface area (Å²) in [7, 11) is 0. The lowest BCUT2D eigenvalue weighted by Crippen LogP contribution is -2.35. The Morgan fingerprint density at radius 3 is 2.57 bits per heavy atom. The summed E-state index contributed by atoms with van der Waals surface area (Å²) in [6.07, 6.45) is 2.49. The summed E-state index contributed by atoms with van der Waals surface area (Å²) in [6, 6.07) is 6.36. The average Bonchev–Trinajstić information content (AvgIpc) is 2.40. The highest BCUT2D eigenvalue weighted by Gasteiger charge is 2.26. The van der Waals surface area contributed by atoms with E-state index in [9.17, 15) is 0 Å². The van der Waals surface area contributed by atoms with Crippen LogP contribution in [0.5, 0.6) is 5.75 Å². The summed E-state index contributed by atoms with van der Waals surface area (Å²) >= 11 is 6.38. The molecule has 1 aliphatic rings. The van der Waals surface area contributed by atoms with Crippen molar-refractivity contribution in [1.82, 2.24) is 5.32 Å². The first kappa shape index (κ1) is 16.6. The minimum absolute atomic E-state index is 0.179. The van der Waals surface area contributed by atoms with E-state index in [1.807, 2.05) is 12.1 Å². The molecule has 0 aliphatic carbocycles. The fraction of sp³-hybridized carbons (Fsp3) is 0.647. The van der Waals surface area contributed by atoms with E-state index in [-0.39, 0.29) is 18.3 Å². The molecule has 1 N–H and O–H groups in total. The lowest BCUT2D eigenvalue weighted by Gasteiger charge is -2.32. The maximum Gasteiger partial charge on any atom is 0.138 e. The van der Waals surface area contributed by atoms with Gasteiger partial charge in [0.1, 0.15) is 11.9 Å². The van der Waals surface area contributed by atoms with Crippen LogP contribution in [-0.4, -0.2) is 24.9 Å². The first-order valence-corrected chi connectivity index (χ1v) is 8.22. The molecule has 21 heavy (non-hydrogen) atoms. The van der Waals surface area contributed by atoms with Gasteiger partial charge in [0, 0.05) is 18.9 Å². The third-order valence-electron chi connectivity index (χ3n) is 3.91. The van der Waals surface area contributed by atoms with Crippen LogP contribution in [0.4, 0.5) is 0 Å². The topological polar surface area (TPSA) is 30.5 Å². The Balaban J connectivity index is 2.03. The number of benzene rings is 1. The second-order valence-corrected chi connectivity index (χ2v) is 6.35. The molecule has 1 fully saturated rings. The SMILES string of the molecule is CCNC(C)c1ccc(OC2CC(C)OC(C)C2)c(Cl)c1. The monoisotopic (exact) mass is 311 g/mol. The van der Waals surface area contributed by atoms with Crippen molar-refractivity contribution in [2.24, 2.45) is 0 Å². The molecule has 3 unspecified atom stereocenters. The maximum absolute atomic E-state index is 6.38. The van der Waals surface area contributed by atoms with Gasteiger partial charge in [0.2, 0.25) is 0 Å². The average molecular weight is 312 g/mol. The number of ether oxygens (including phenoxy) is 2. The Morgan fingerprint density at radius 1 is 1.33 bits per heavy atom. The number of halogens is 1. The summed E-state index contributed by atoms with van der Waals surface area (Å²) in [5, 5.41) is 4.07. The third kappa shape index (κ3) is 4.60. The van der Waals surface area contributed by atoms with E-state index >= 15 is 0 Å². The molecule has 2 rings (SSSR count). The molecule has 0 saturated carbocycles. The maximum atomic E-state index is 6.38. The highest BCUT2D eigenvalue weighted by atomic mass is 35.5. The predicted molar refractivity (Wildman–Crippen MR) is 87.2 cm³/mol.